The first-order chi connectivity index (χ1) is 18.0. The number of halogens is 2. The van der Waals surface area contributed by atoms with Crippen molar-refractivity contribution in [3.63, 3.8) is 0 Å². The summed E-state index contributed by atoms with van der Waals surface area (Å²) < 4.78 is 42.7. The van der Waals surface area contributed by atoms with E-state index in [0.29, 0.717) is 24.3 Å². The smallest absolute Gasteiger partial charge is 0.173 e. The molecule has 208 valence electrons. The number of carboxylic acid groups (broad SMARTS) is 1. The number of aliphatic carboxylic acids is 1. The Balaban J connectivity index is 2.11. The van der Waals surface area contributed by atoms with E-state index in [2.05, 4.69) is 13.8 Å². The number of para-hydroxylation sites is 1. The lowest BCUT2D eigenvalue weighted by atomic mass is 9.83. The Morgan fingerprint density at radius 1 is 0.838 bits per heavy atom. The van der Waals surface area contributed by atoms with Crippen molar-refractivity contribution in [3.05, 3.63) is 53.6 Å². The molecule has 0 radical (unpaired) electrons. The van der Waals surface area contributed by atoms with Crippen molar-refractivity contribution in [2.24, 2.45) is 5.92 Å². The minimum Gasteiger partial charge on any atom is -0.549 e. The molecule has 0 aliphatic heterocycles. The Hall–Kier alpha value is -2.21. The lowest BCUT2D eigenvalue weighted by Crippen LogP contribution is -2.38. The highest BCUT2D eigenvalue weighted by atomic mass is 19.2. The van der Waals surface area contributed by atoms with E-state index in [1.165, 1.54) is 51.0 Å². The second-order valence-electron chi connectivity index (χ2n) is 9.99. The molecule has 0 amide bonds. The van der Waals surface area contributed by atoms with E-state index in [4.69, 9.17) is 9.47 Å². The summed E-state index contributed by atoms with van der Waals surface area (Å²) >= 11 is 0. The average Bonchev–Trinajstić information content (AvgIpc) is 2.89. The van der Waals surface area contributed by atoms with E-state index in [9.17, 15) is 14.3 Å². The third kappa shape index (κ3) is 9.55. The number of unbranched alkanes of at least 4 members (excludes halogenated alkanes) is 12. The van der Waals surface area contributed by atoms with E-state index < -0.39 is 29.1 Å². The van der Waals surface area contributed by atoms with Crippen LogP contribution >= 0.6 is 0 Å². The third-order valence-corrected chi connectivity index (χ3v) is 6.96. The SMILES string of the molecule is CCCCCCCCCCOC1(c2ccccc2OCCCCCCCC)C=CC(C(=O)[O-])C(F)=C1F. The highest BCUT2D eigenvalue weighted by Gasteiger charge is 2.44. The second kappa shape index (κ2) is 17.3. The molecule has 0 aromatic heterocycles. The molecule has 0 saturated heterocycles. The van der Waals surface area contributed by atoms with E-state index >= 15 is 4.39 Å². The molecule has 2 rings (SSSR count). The van der Waals surface area contributed by atoms with Crippen LogP contribution in [0.5, 0.6) is 5.75 Å². The fraction of sp³-hybridized carbons (Fsp3) is 0.645. The predicted molar refractivity (Wildman–Crippen MR) is 142 cm³/mol. The first kappa shape index (κ1) is 31.0. The molecule has 2 atom stereocenters. The van der Waals surface area contributed by atoms with Gasteiger partial charge in [-0.05, 0) is 25.0 Å². The van der Waals surface area contributed by atoms with E-state index in [1.54, 1.807) is 24.3 Å². The lowest BCUT2D eigenvalue weighted by Gasteiger charge is -2.35. The molecule has 0 fully saturated rings. The molecule has 0 N–H and O–H groups in total. The van der Waals surface area contributed by atoms with Gasteiger partial charge < -0.3 is 19.4 Å². The standard InChI is InChI=1S/C31H46F2O4/c1-3-5-7-9-11-12-14-18-24-37-31(22-21-25(30(34)35)28(32)29(31)33)26-19-15-16-20-27(26)36-23-17-13-10-8-6-4-2/h15-16,19-22,25H,3-14,17-18,23-24H2,1-2H3,(H,34,35)/p-1. The largest absolute Gasteiger partial charge is 0.549 e. The van der Waals surface area contributed by atoms with Gasteiger partial charge in [-0.15, -0.1) is 0 Å². The summed E-state index contributed by atoms with van der Waals surface area (Å²) in [7, 11) is 0. The molecule has 0 heterocycles. The highest BCUT2D eigenvalue weighted by molar-refractivity contribution is 5.74. The van der Waals surface area contributed by atoms with Gasteiger partial charge in [-0.25, -0.2) is 8.78 Å². The van der Waals surface area contributed by atoms with Crippen LogP contribution in [0.25, 0.3) is 0 Å². The van der Waals surface area contributed by atoms with Crippen LogP contribution < -0.4 is 9.84 Å². The van der Waals surface area contributed by atoms with Crippen molar-refractivity contribution < 1.29 is 28.2 Å². The fourth-order valence-corrected chi connectivity index (χ4v) is 4.72. The van der Waals surface area contributed by atoms with Gasteiger partial charge in [0.1, 0.15) is 11.6 Å². The molecule has 1 aromatic rings. The minimum absolute atomic E-state index is 0.210. The summed E-state index contributed by atoms with van der Waals surface area (Å²) in [6.45, 7) is 5.03. The summed E-state index contributed by atoms with van der Waals surface area (Å²) in [4.78, 5) is 11.4. The van der Waals surface area contributed by atoms with Gasteiger partial charge in [0, 0.05) is 12.2 Å². The molecule has 4 nitrogen and oxygen atoms in total. The van der Waals surface area contributed by atoms with Crippen molar-refractivity contribution in [3.8, 4) is 5.75 Å². The van der Waals surface area contributed by atoms with Crippen LogP contribution in [0.1, 0.15) is 109 Å². The number of hydrogen-bond acceptors (Lipinski definition) is 4. The van der Waals surface area contributed by atoms with Gasteiger partial charge in [-0.3, -0.25) is 0 Å². The minimum atomic E-state index is -1.87. The molecule has 37 heavy (non-hydrogen) atoms. The molecule has 6 heteroatoms. The molecule has 2 unspecified atom stereocenters. The predicted octanol–water partition coefficient (Wildman–Crippen LogP) is 7.87. The summed E-state index contributed by atoms with van der Waals surface area (Å²) in [6, 6.07) is 6.87. The van der Waals surface area contributed by atoms with Gasteiger partial charge in [0.2, 0.25) is 0 Å². The quantitative estimate of drug-likeness (QED) is 0.130. The molecular weight excluding hydrogens is 474 g/mol. The normalized spacial score (nSPS) is 19.4. The summed E-state index contributed by atoms with van der Waals surface area (Å²) in [5, 5.41) is 11.4. The van der Waals surface area contributed by atoms with Crippen LogP contribution in [0, 0.1) is 5.92 Å². The van der Waals surface area contributed by atoms with Crippen LogP contribution in [-0.2, 0) is 15.1 Å². The van der Waals surface area contributed by atoms with Crippen molar-refractivity contribution in [2.45, 2.75) is 109 Å². The van der Waals surface area contributed by atoms with Crippen molar-refractivity contribution in [1.29, 1.82) is 0 Å². The van der Waals surface area contributed by atoms with Crippen molar-refractivity contribution in [1.82, 2.24) is 0 Å². The maximum absolute atomic E-state index is 15.7. The molecule has 1 aromatic carbocycles. The van der Waals surface area contributed by atoms with Gasteiger partial charge in [0.05, 0.1) is 18.5 Å². The monoisotopic (exact) mass is 519 g/mol. The van der Waals surface area contributed by atoms with Crippen LogP contribution in [0.2, 0.25) is 0 Å². The van der Waals surface area contributed by atoms with Crippen LogP contribution in [0.3, 0.4) is 0 Å². The molecular formula is C31H45F2O4-. The topological polar surface area (TPSA) is 58.6 Å². The molecule has 0 saturated carbocycles. The van der Waals surface area contributed by atoms with E-state index in [-0.39, 0.29) is 6.61 Å². The number of carbonyl (C=O) groups is 1. The van der Waals surface area contributed by atoms with Gasteiger partial charge in [-0.1, -0.05) is 115 Å². The first-order valence-electron chi connectivity index (χ1n) is 14.3. The molecule has 1 aliphatic carbocycles. The van der Waals surface area contributed by atoms with Crippen molar-refractivity contribution >= 4 is 5.97 Å². The van der Waals surface area contributed by atoms with Gasteiger partial charge >= 0.3 is 0 Å². The molecule has 0 bridgehead atoms. The zero-order chi connectivity index (χ0) is 26.9. The summed E-state index contributed by atoms with van der Waals surface area (Å²) in [5.41, 5.74) is -1.53. The first-order valence-corrected chi connectivity index (χ1v) is 14.3. The summed E-state index contributed by atoms with van der Waals surface area (Å²) in [5.74, 6) is -5.68. The zero-order valence-corrected chi connectivity index (χ0v) is 22.7. The van der Waals surface area contributed by atoms with Crippen LogP contribution in [0.15, 0.2) is 48.1 Å². The van der Waals surface area contributed by atoms with Gasteiger partial charge in [0.25, 0.3) is 0 Å². The number of ether oxygens (including phenoxy) is 2. The van der Waals surface area contributed by atoms with Crippen LogP contribution in [-0.4, -0.2) is 19.2 Å². The number of benzene rings is 1. The Labute approximate surface area is 222 Å². The molecule has 1 aliphatic rings. The van der Waals surface area contributed by atoms with Crippen LogP contribution in [0.4, 0.5) is 8.78 Å². The van der Waals surface area contributed by atoms with E-state index in [1.807, 2.05) is 0 Å². The van der Waals surface area contributed by atoms with Gasteiger partial charge in [0.15, 0.2) is 11.4 Å². The Morgan fingerprint density at radius 2 is 1.38 bits per heavy atom. The number of rotatable bonds is 20. The zero-order valence-electron chi connectivity index (χ0n) is 22.7. The number of carboxylic acids is 1. The second-order valence-corrected chi connectivity index (χ2v) is 9.99. The molecule has 0 spiro atoms. The van der Waals surface area contributed by atoms with Crippen molar-refractivity contribution in [2.75, 3.05) is 13.2 Å². The Kier molecular flexibility index (Phi) is 14.5. The maximum atomic E-state index is 15.7. The maximum Gasteiger partial charge on any atom is 0.173 e. The summed E-state index contributed by atoms with van der Waals surface area (Å²) in [6.07, 6.45) is 17.8. The Bertz CT molecular complexity index is 867. The Morgan fingerprint density at radius 3 is 1.97 bits per heavy atom. The average molecular weight is 520 g/mol. The lowest BCUT2D eigenvalue weighted by molar-refractivity contribution is -0.309. The third-order valence-electron chi connectivity index (χ3n) is 6.96. The van der Waals surface area contributed by atoms with Gasteiger partial charge in [-0.2, -0.15) is 0 Å². The highest BCUT2D eigenvalue weighted by Crippen LogP contribution is 2.46. The van der Waals surface area contributed by atoms with E-state index in [0.717, 1.165) is 44.6 Å². The number of hydrogen-bond donors (Lipinski definition) is 0. The number of carbonyl (C=O) groups excluding carboxylic acids is 1. The fourth-order valence-electron chi connectivity index (χ4n) is 4.72.